The molecule has 0 aliphatic carbocycles. The zero-order valence-electron chi connectivity index (χ0n) is 11.6. The molecule has 0 atom stereocenters. The minimum absolute atomic E-state index is 0.112. The average molecular weight is 269 g/mol. The number of rotatable bonds is 7. The molecule has 0 amide bonds. The van der Waals surface area contributed by atoms with Crippen molar-refractivity contribution in [3.8, 4) is 0 Å². The van der Waals surface area contributed by atoms with Crippen molar-refractivity contribution in [3.05, 3.63) is 23.6 Å². The summed E-state index contributed by atoms with van der Waals surface area (Å²) in [5.41, 5.74) is -0.337. The molecule has 0 aromatic carbocycles. The number of nitrogens with zero attached hydrogens (tertiary/aromatic N) is 3. The zero-order chi connectivity index (χ0) is 14.4. The highest BCUT2D eigenvalue weighted by Gasteiger charge is 2.18. The minimum atomic E-state index is -1.27. The monoisotopic (exact) mass is 269 g/mol. The van der Waals surface area contributed by atoms with E-state index in [0.717, 1.165) is 13.0 Å². The molecule has 106 valence electrons. The predicted molar refractivity (Wildman–Crippen MR) is 72.2 cm³/mol. The predicted octanol–water partition coefficient (Wildman–Crippen LogP) is 1.70. The molecule has 19 heavy (non-hydrogen) atoms. The van der Waals surface area contributed by atoms with E-state index in [1.54, 1.807) is 4.90 Å². The van der Waals surface area contributed by atoms with Crippen LogP contribution in [0.15, 0.2) is 12.3 Å². The summed E-state index contributed by atoms with van der Waals surface area (Å²) in [6.07, 6.45) is 2.19. The van der Waals surface area contributed by atoms with Crippen LogP contribution >= 0.6 is 0 Å². The number of carboxylic acid groups (broad SMARTS) is 1. The van der Waals surface area contributed by atoms with Gasteiger partial charge in [0.25, 0.3) is 0 Å². The lowest BCUT2D eigenvalue weighted by Gasteiger charge is -2.23. The Hall–Kier alpha value is -1.69. The number of carboxylic acids is 1. The first-order chi connectivity index (χ1) is 8.97. The third-order valence-electron chi connectivity index (χ3n) is 2.82. The first-order valence-corrected chi connectivity index (χ1v) is 6.24. The van der Waals surface area contributed by atoms with Gasteiger partial charge in [0, 0.05) is 19.3 Å². The van der Waals surface area contributed by atoms with Crippen LogP contribution in [0.2, 0.25) is 0 Å². The van der Waals surface area contributed by atoms with E-state index in [-0.39, 0.29) is 11.4 Å². The molecule has 5 nitrogen and oxygen atoms in total. The van der Waals surface area contributed by atoms with Crippen molar-refractivity contribution in [1.29, 1.82) is 0 Å². The van der Waals surface area contributed by atoms with Crippen LogP contribution in [0.3, 0.4) is 0 Å². The Bertz CT molecular complexity index is 438. The fourth-order valence-corrected chi connectivity index (χ4v) is 1.81. The number of pyridine rings is 1. The number of aromatic nitrogens is 1. The Morgan fingerprint density at radius 2 is 2.11 bits per heavy atom. The molecule has 0 aliphatic rings. The summed E-state index contributed by atoms with van der Waals surface area (Å²) >= 11 is 0. The summed E-state index contributed by atoms with van der Waals surface area (Å²) in [6.45, 7) is 4.00. The van der Waals surface area contributed by atoms with E-state index in [2.05, 4.69) is 4.98 Å². The van der Waals surface area contributed by atoms with Crippen molar-refractivity contribution in [1.82, 2.24) is 9.88 Å². The van der Waals surface area contributed by atoms with Gasteiger partial charge in [0.15, 0.2) is 11.6 Å². The van der Waals surface area contributed by atoms with Crippen LogP contribution in [0.25, 0.3) is 0 Å². The van der Waals surface area contributed by atoms with Gasteiger partial charge >= 0.3 is 5.97 Å². The maximum atomic E-state index is 14.1. The molecule has 1 aromatic rings. The average Bonchev–Trinajstić information content (AvgIpc) is 2.35. The van der Waals surface area contributed by atoms with E-state index >= 15 is 0 Å². The van der Waals surface area contributed by atoms with Crippen molar-refractivity contribution in [2.75, 3.05) is 38.6 Å². The Morgan fingerprint density at radius 3 is 2.63 bits per heavy atom. The van der Waals surface area contributed by atoms with Gasteiger partial charge in [-0.25, -0.2) is 14.2 Å². The van der Waals surface area contributed by atoms with E-state index < -0.39 is 11.8 Å². The topological polar surface area (TPSA) is 56.7 Å². The summed E-state index contributed by atoms with van der Waals surface area (Å²) in [5, 5.41) is 8.90. The molecule has 0 saturated heterocycles. The van der Waals surface area contributed by atoms with E-state index in [1.807, 2.05) is 25.9 Å². The van der Waals surface area contributed by atoms with Crippen molar-refractivity contribution in [2.45, 2.75) is 13.3 Å². The highest BCUT2D eigenvalue weighted by atomic mass is 19.1. The van der Waals surface area contributed by atoms with E-state index in [1.165, 1.54) is 12.3 Å². The first-order valence-electron chi connectivity index (χ1n) is 6.24. The summed E-state index contributed by atoms with van der Waals surface area (Å²) in [7, 11) is 3.94. The molecule has 1 heterocycles. The lowest BCUT2D eigenvalue weighted by Crippen LogP contribution is -2.29. The lowest BCUT2D eigenvalue weighted by molar-refractivity contribution is 0.0691. The van der Waals surface area contributed by atoms with Crippen LogP contribution in [0.5, 0.6) is 0 Å². The number of hydrogen-bond acceptors (Lipinski definition) is 4. The van der Waals surface area contributed by atoms with Crippen molar-refractivity contribution in [3.63, 3.8) is 0 Å². The molecule has 1 N–H and O–H groups in total. The summed E-state index contributed by atoms with van der Waals surface area (Å²) in [6, 6.07) is 1.18. The maximum absolute atomic E-state index is 14.1. The second-order valence-electron chi connectivity index (χ2n) is 4.54. The van der Waals surface area contributed by atoms with E-state index in [4.69, 9.17) is 5.11 Å². The van der Waals surface area contributed by atoms with Crippen LogP contribution in [-0.2, 0) is 0 Å². The molecule has 0 bridgehead atoms. The molecular weight excluding hydrogens is 249 g/mol. The highest BCUT2D eigenvalue weighted by Crippen LogP contribution is 2.19. The number of carbonyl (C=O) groups is 1. The third-order valence-corrected chi connectivity index (χ3v) is 2.82. The number of halogens is 1. The van der Waals surface area contributed by atoms with Gasteiger partial charge in [0.05, 0.1) is 0 Å². The number of hydrogen-bond donors (Lipinski definition) is 1. The molecular formula is C13H20FN3O2. The molecule has 0 radical (unpaired) electrons. The fraction of sp³-hybridized carbons (Fsp3) is 0.538. The second kappa shape index (κ2) is 7.04. The van der Waals surface area contributed by atoms with Gasteiger partial charge in [-0.15, -0.1) is 0 Å². The van der Waals surface area contributed by atoms with Gasteiger partial charge in [-0.05, 0) is 40.1 Å². The quantitative estimate of drug-likeness (QED) is 0.816. The minimum Gasteiger partial charge on any atom is -0.478 e. The van der Waals surface area contributed by atoms with Crippen molar-refractivity contribution in [2.24, 2.45) is 0 Å². The van der Waals surface area contributed by atoms with Crippen LogP contribution < -0.4 is 4.90 Å². The third kappa shape index (κ3) is 4.17. The number of aromatic carboxylic acids is 1. The molecule has 0 saturated carbocycles. The molecule has 1 aromatic heterocycles. The Kier molecular flexibility index (Phi) is 5.69. The SMILES string of the molecule is CCN(CCCN(C)C)c1nccc(C(=O)O)c1F. The molecule has 0 fully saturated rings. The van der Waals surface area contributed by atoms with Crippen LogP contribution in [0.1, 0.15) is 23.7 Å². The molecule has 0 spiro atoms. The standard InChI is InChI=1S/C13H20FN3O2/c1-4-17(9-5-8-16(2)3)12-11(14)10(13(18)19)6-7-15-12/h6-7H,4-5,8-9H2,1-3H3,(H,18,19). The lowest BCUT2D eigenvalue weighted by atomic mass is 10.2. The van der Waals surface area contributed by atoms with Crippen LogP contribution in [-0.4, -0.2) is 54.7 Å². The smallest absolute Gasteiger partial charge is 0.338 e. The summed E-state index contributed by atoms with van der Waals surface area (Å²) in [4.78, 5) is 18.7. The Balaban J connectivity index is 2.86. The summed E-state index contributed by atoms with van der Waals surface area (Å²) < 4.78 is 14.1. The van der Waals surface area contributed by atoms with Crippen LogP contribution in [0.4, 0.5) is 10.2 Å². The van der Waals surface area contributed by atoms with Gasteiger partial charge in [0.1, 0.15) is 5.56 Å². The van der Waals surface area contributed by atoms with Gasteiger partial charge in [-0.3, -0.25) is 0 Å². The second-order valence-corrected chi connectivity index (χ2v) is 4.54. The van der Waals surface area contributed by atoms with E-state index in [9.17, 15) is 9.18 Å². The highest BCUT2D eigenvalue weighted by molar-refractivity contribution is 5.88. The van der Waals surface area contributed by atoms with Crippen molar-refractivity contribution >= 4 is 11.8 Å². The number of anilines is 1. The van der Waals surface area contributed by atoms with Gasteiger partial charge < -0.3 is 14.9 Å². The Morgan fingerprint density at radius 1 is 1.42 bits per heavy atom. The Labute approximate surface area is 112 Å². The first kappa shape index (κ1) is 15.4. The molecule has 0 unspecified atom stereocenters. The van der Waals surface area contributed by atoms with Gasteiger partial charge in [0.2, 0.25) is 0 Å². The molecule has 6 heteroatoms. The fourth-order valence-electron chi connectivity index (χ4n) is 1.81. The molecule has 1 rings (SSSR count). The zero-order valence-corrected chi connectivity index (χ0v) is 11.6. The maximum Gasteiger partial charge on any atom is 0.338 e. The van der Waals surface area contributed by atoms with Crippen molar-refractivity contribution < 1.29 is 14.3 Å². The normalized spacial score (nSPS) is 10.8. The van der Waals surface area contributed by atoms with E-state index in [0.29, 0.717) is 13.1 Å². The van der Waals surface area contributed by atoms with Gasteiger partial charge in [-0.2, -0.15) is 0 Å². The summed E-state index contributed by atoms with van der Waals surface area (Å²) in [5.74, 6) is -1.92. The molecule has 0 aliphatic heterocycles. The largest absolute Gasteiger partial charge is 0.478 e. The van der Waals surface area contributed by atoms with Gasteiger partial charge in [-0.1, -0.05) is 0 Å². The van der Waals surface area contributed by atoms with Crippen LogP contribution in [0, 0.1) is 5.82 Å².